The summed E-state index contributed by atoms with van der Waals surface area (Å²) in [6.45, 7) is 10.1. The van der Waals surface area contributed by atoms with E-state index in [4.69, 9.17) is 14.2 Å². The van der Waals surface area contributed by atoms with Gasteiger partial charge in [0.05, 0.1) is 36.2 Å². The van der Waals surface area contributed by atoms with E-state index < -0.39 is 107 Å². The van der Waals surface area contributed by atoms with Crippen molar-refractivity contribution in [2.45, 2.75) is 136 Å². The second-order valence-electron chi connectivity index (χ2n) is 20.9. The number of carbonyl (C=O) groups is 5. The van der Waals surface area contributed by atoms with Gasteiger partial charge in [-0.2, -0.15) is 26.3 Å². The lowest BCUT2D eigenvalue weighted by Gasteiger charge is -2.34. The maximum Gasteiger partial charge on any atom is 0.421 e. The van der Waals surface area contributed by atoms with Crippen LogP contribution >= 0.6 is 0 Å². The molecule has 3 aliphatic rings. The zero-order chi connectivity index (χ0) is 58.5. The van der Waals surface area contributed by atoms with E-state index in [1.54, 1.807) is 27.7 Å². The predicted octanol–water partition coefficient (Wildman–Crippen LogP) is 13.3. The number of benzene rings is 2. The molecule has 79 heavy (non-hydrogen) atoms. The van der Waals surface area contributed by atoms with Gasteiger partial charge in [-0.1, -0.05) is 13.8 Å². The Morgan fingerprint density at radius 1 is 0.709 bits per heavy atom. The number of aromatic carboxylic acids is 1. The maximum absolute atomic E-state index is 15.4. The number of methoxy groups -OCH3 is 1. The Kier molecular flexibility index (Phi) is 19.5. The molecular formula is C55H61F10N5O9. The fraction of sp³-hybridized carbons (Fsp3) is 0.509. The number of carboxylic acid groups (broad SMARTS) is 1. The predicted molar refractivity (Wildman–Crippen MR) is 267 cm³/mol. The van der Waals surface area contributed by atoms with Crippen molar-refractivity contribution in [1.29, 1.82) is 0 Å². The molecular weight excluding hydrogens is 1060 g/mol. The van der Waals surface area contributed by atoms with Crippen molar-refractivity contribution in [2.24, 2.45) is 23.7 Å². The van der Waals surface area contributed by atoms with E-state index in [-0.39, 0.29) is 71.1 Å². The summed E-state index contributed by atoms with van der Waals surface area (Å²) in [6.07, 6.45) is -2.42. The number of anilines is 2. The minimum absolute atomic E-state index is 0.00209. The van der Waals surface area contributed by atoms with Crippen molar-refractivity contribution in [1.82, 2.24) is 14.9 Å². The molecule has 1 aliphatic heterocycles. The molecule has 4 aromatic rings. The van der Waals surface area contributed by atoms with Crippen LogP contribution in [0.1, 0.15) is 147 Å². The minimum atomic E-state index is -5.00. The van der Waals surface area contributed by atoms with Gasteiger partial charge in [0.2, 0.25) is 23.6 Å². The Labute approximate surface area is 449 Å². The highest BCUT2D eigenvalue weighted by Crippen LogP contribution is 2.43. The number of aldehydes is 1. The first-order valence-corrected chi connectivity index (χ1v) is 25.6. The van der Waals surface area contributed by atoms with Crippen LogP contribution in [0, 0.1) is 35.3 Å². The van der Waals surface area contributed by atoms with E-state index in [1.165, 1.54) is 14.7 Å². The van der Waals surface area contributed by atoms with Gasteiger partial charge in [0.1, 0.15) is 11.1 Å². The van der Waals surface area contributed by atoms with Gasteiger partial charge in [0.15, 0.2) is 29.4 Å². The minimum Gasteiger partial charge on any atom is -0.478 e. The van der Waals surface area contributed by atoms with Crippen molar-refractivity contribution >= 4 is 41.4 Å². The lowest BCUT2D eigenvalue weighted by atomic mass is 9.82. The summed E-state index contributed by atoms with van der Waals surface area (Å²) in [4.78, 5) is 73.7. The zero-order valence-electron chi connectivity index (χ0n) is 44.4. The van der Waals surface area contributed by atoms with Crippen LogP contribution in [-0.2, 0) is 33.2 Å². The smallest absolute Gasteiger partial charge is 0.421 e. The van der Waals surface area contributed by atoms with Crippen molar-refractivity contribution in [3.63, 3.8) is 0 Å². The number of nitrogens with zero attached hydrogens (tertiary/aromatic N) is 5. The molecule has 2 aromatic carbocycles. The van der Waals surface area contributed by atoms with Gasteiger partial charge in [0.25, 0.3) is 5.92 Å². The molecule has 14 nitrogen and oxygen atoms in total. The van der Waals surface area contributed by atoms with Gasteiger partial charge < -0.3 is 29.1 Å². The van der Waals surface area contributed by atoms with Crippen LogP contribution in [0.5, 0.6) is 23.3 Å². The molecule has 0 unspecified atom stereocenters. The van der Waals surface area contributed by atoms with Gasteiger partial charge in [-0.15, -0.1) is 0 Å². The van der Waals surface area contributed by atoms with E-state index in [0.29, 0.717) is 49.7 Å². The van der Waals surface area contributed by atoms with E-state index in [2.05, 4.69) is 23.8 Å². The summed E-state index contributed by atoms with van der Waals surface area (Å²) in [5.41, 5.74) is -4.22. The van der Waals surface area contributed by atoms with Crippen molar-refractivity contribution < 1.29 is 87.2 Å². The second kappa shape index (κ2) is 25.1. The number of rotatable bonds is 15. The molecule has 3 heterocycles. The number of likely N-dealkylation sites (tertiary alicyclic amines) is 1. The summed E-state index contributed by atoms with van der Waals surface area (Å²) in [6, 6.07) is 3.48. The molecule has 0 spiro atoms. The summed E-state index contributed by atoms with van der Waals surface area (Å²) in [5.74, 6) is -11.7. The van der Waals surface area contributed by atoms with Crippen LogP contribution in [0.15, 0.2) is 48.8 Å². The van der Waals surface area contributed by atoms with E-state index in [1.807, 2.05) is 0 Å². The molecule has 3 fully saturated rings. The number of amides is 2. The van der Waals surface area contributed by atoms with Gasteiger partial charge in [-0.25, -0.2) is 37.1 Å². The molecule has 1 N–H and O–H groups in total. The molecule has 0 atom stereocenters. The highest BCUT2D eigenvalue weighted by molar-refractivity contribution is 6.05. The van der Waals surface area contributed by atoms with E-state index in [9.17, 15) is 64.2 Å². The molecule has 2 aromatic heterocycles. The second-order valence-corrected chi connectivity index (χ2v) is 20.9. The monoisotopic (exact) mass is 1130 g/mol. The molecule has 2 saturated carbocycles. The summed E-state index contributed by atoms with van der Waals surface area (Å²) >= 11 is 0. The first kappa shape index (κ1) is 61.4. The number of ether oxygens (including phenoxy) is 3. The molecule has 2 aliphatic carbocycles. The fourth-order valence-electron chi connectivity index (χ4n) is 9.89. The molecule has 0 radical (unpaired) electrons. The third-order valence-electron chi connectivity index (χ3n) is 14.1. The summed E-state index contributed by atoms with van der Waals surface area (Å²) < 4.78 is 155. The number of aromatic nitrogens is 2. The van der Waals surface area contributed by atoms with E-state index >= 15 is 8.78 Å². The molecule has 2 amide bonds. The highest BCUT2D eigenvalue weighted by Gasteiger charge is 2.41. The van der Waals surface area contributed by atoms with Crippen LogP contribution in [0.4, 0.5) is 55.3 Å². The Hall–Kier alpha value is -6.85. The lowest BCUT2D eigenvalue weighted by Crippen LogP contribution is -2.43. The van der Waals surface area contributed by atoms with Crippen LogP contribution in [0.3, 0.4) is 0 Å². The van der Waals surface area contributed by atoms with E-state index in [0.717, 1.165) is 69.5 Å². The third kappa shape index (κ3) is 15.1. The molecule has 7 rings (SSSR count). The van der Waals surface area contributed by atoms with Crippen LogP contribution in [0.2, 0.25) is 0 Å². The van der Waals surface area contributed by atoms with Gasteiger partial charge in [-0.05, 0) is 109 Å². The van der Waals surface area contributed by atoms with Crippen molar-refractivity contribution in [3.05, 3.63) is 93.8 Å². The quantitative estimate of drug-likeness (QED) is 0.0680. The zero-order valence-corrected chi connectivity index (χ0v) is 44.4. The van der Waals surface area contributed by atoms with Gasteiger partial charge >= 0.3 is 24.3 Å². The number of carbonyl (C=O) groups excluding carboxylic acids is 4. The lowest BCUT2D eigenvalue weighted by molar-refractivity contribution is -0.139. The number of alkyl halides is 8. The standard InChI is InChI=1S/C29H33F6N3O4.C26H28F4N2O5/c1-16(2)38(26(39)19-6-4-17(3)5-7-19)23-12-22(30)24(11-20(23)27(40)41)42-25-21(29(33,34)35)10-18(13-36-25)14-37-9-8-28(31,32)15-37;1-14(2)32(24(34)17-7-5-15(3)6-8-17)21-11-20(27)22(10-18(21)25(35)36-4)37-23-19(26(28,29)30)9-16(13-33)12-31-23/h10-13,16-17,19H,4-9,14-15H2,1-3H3,(H,40,41);9-15,17H,5-8H2,1-4H3. The van der Waals surface area contributed by atoms with Crippen LogP contribution in [-0.4, -0.2) is 88.2 Å². The Bertz CT molecular complexity index is 2880. The fourth-order valence-corrected chi connectivity index (χ4v) is 9.89. The number of esters is 1. The number of hydrogen-bond donors (Lipinski definition) is 1. The Morgan fingerprint density at radius 3 is 1.56 bits per heavy atom. The van der Waals surface area contributed by atoms with Crippen LogP contribution in [0.25, 0.3) is 0 Å². The number of pyridine rings is 2. The average molecular weight is 1130 g/mol. The Balaban J connectivity index is 0.000000257. The number of halogens is 10. The molecule has 24 heteroatoms. The highest BCUT2D eigenvalue weighted by atomic mass is 19.4. The first-order chi connectivity index (χ1) is 36.9. The largest absolute Gasteiger partial charge is 0.478 e. The SMILES string of the molecule is CC1CCC(C(=O)N(c2cc(F)c(Oc3ncc(CN4CCC(F)(F)C4)cc3C(F)(F)F)cc2C(=O)O)C(C)C)CC1.COC(=O)c1cc(Oc2ncc(C=O)cc2C(F)(F)F)c(F)cc1N(C(=O)C1CCC(C)CC1)C(C)C. The average Bonchev–Trinajstić information content (AvgIpc) is 3.84. The topological polar surface area (TPSA) is 169 Å². The van der Waals surface area contributed by atoms with Crippen LogP contribution < -0.4 is 19.3 Å². The molecule has 430 valence electrons. The summed E-state index contributed by atoms with van der Waals surface area (Å²) in [7, 11) is 1.08. The van der Waals surface area contributed by atoms with Gasteiger partial charge in [0, 0.05) is 85.7 Å². The first-order valence-electron chi connectivity index (χ1n) is 25.6. The Morgan fingerprint density at radius 2 is 1.15 bits per heavy atom. The molecule has 0 bridgehead atoms. The summed E-state index contributed by atoms with van der Waals surface area (Å²) in [5, 5.41) is 9.93. The molecule has 1 saturated heterocycles. The van der Waals surface area contributed by atoms with Crippen molar-refractivity contribution in [2.75, 3.05) is 30.0 Å². The third-order valence-corrected chi connectivity index (χ3v) is 14.1. The maximum atomic E-state index is 15.4. The van der Waals surface area contributed by atoms with Gasteiger partial charge in [-0.3, -0.25) is 19.3 Å². The van der Waals surface area contributed by atoms with Crippen molar-refractivity contribution in [3.8, 4) is 23.3 Å². The number of carboxylic acids is 1. The normalized spacial score (nSPS) is 19.5. The number of hydrogen-bond acceptors (Lipinski definition) is 11.